The zero-order valence-corrected chi connectivity index (χ0v) is 11.5. The molecule has 1 aromatic rings. The number of halogens is 1. The maximum absolute atomic E-state index is 12.3. The van der Waals surface area contributed by atoms with E-state index in [0.717, 1.165) is 4.60 Å². The van der Waals surface area contributed by atoms with Crippen LogP contribution >= 0.6 is 15.9 Å². The van der Waals surface area contributed by atoms with Crippen molar-refractivity contribution in [2.24, 2.45) is 0 Å². The van der Waals surface area contributed by atoms with Crippen molar-refractivity contribution in [3.8, 4) is 0 Å². The van der Waals surface area contributed by atoms with Crippen LogP contribution in [0.2, 0.25) is 0 Å². The van der Waals surface area contributed by atoms with E-state index in [1.54, 1.807) is 18.3 Å². The van der Waals surface area contributed by atoms with Crippen LogP contribution in [-0.2, 0) is 4.74 Å². The predicted molar refractivity (Wildman–Crippen MR) is 67.8 cm³/mol. The number of pyridine rings is 1. The summed E-state index contributed by atoms with van der Waals surface area (Å²) in [4.78, 5) is 18.2. The van der Waals surface area contributed by atoms with E-state index in [4.69, 9.17) is 4.74 Å². The van der Waals surface area contributed by atoms with E-state index < -0.39 is 0 Å². The van der Waals surface area contributed by atoms with Gasteiger partial charge in [0.25, 0.3) is 5.91 Å². The summed E-state index contributed by atoms with van der Waals surface area (Å²) in [6, 6.07) is 3.68. The Bertz CT molecular complexity index is 407. The summed E-state index contributed by atoms with van der Waals surface area (Å²) in [5.74, 6) is 0.0210. The van der Waals surface area contributed by atoms with Gasteiger partial charge in [0, 0.05) is 12.7 Å². The smallest absolute Gasteiger partial charge is 0.255 e. The summed E-state index contributed by atoms with van der Waals surface area (Å²) in [6.07, 6.45) is 1.69. The molecule has 1 amide bonds. The van der Waals surface area contributed by atoms with Gasteiger partial charge in [-0.05, 0) is 41.9 Å². The van der Waals surface area contributed by atoms with E-state index in [1.807, 2.05) is 18.7 Å². The number of hydrogen-bond acceptors (Lipinski definition) is 3. The van der Waals surface area contributed by atoms with Gasteiger partial charge in [-0.25, -0.2) is 4.98 Å². The van der Waals surface area contributed by atoms with Crippen molar-refractivity contribution in [2.45, 2.75) is 26.0 Å². The Morgan fingerprint density at radius 1 is 1.53 bits per heavy atom. The fraction of sp³-hybridized carbons (Fsp3) is 0.500. The molecule has 0 spiro atoms. The quantitative estimate of drug-likeness (QED) is 0.746. The molecule has 2 atom stereocenters. The van der Waals surface area contributed by atoms with Crippen LogP contribution in [0.5, 0.6) is 0 Å². The van der Waals surface area contributed by atoms with Gasteiger partial charge in [0.2, 0.25) is 0 Å². The van der Waals surface area contributed by atoms with E-state index in [0.29, 0.717) is 18.7 Å². The Hall–Kier alpha value is -0.940. The van der Waals surface area contributed by atoms with Crippen LogP contribution in [0.25, 0.3) is 0 Å². The van der Waals surface area contributed by atoms with E-state index in [-0.39, 0.29) is 18.1 Å². The zero-order valence-electron chi connectivity index (χ0n) is 9.89. The number of carbonyl (C=O) groups excluding carboxylic acids is 1. The van der Waals surface area contributed by atoms with Crippen molar-refractivity contribution >= 4 is 21.8 Å². The van der Waals surface area contributed by atoms with Crippen molar-refractivity contribution in [3.63, 3.8) is 0 Å². The molecule has 5 heteroatoms. The second-order valence-corrected chi connectivity index (χ2v) is 5.13. The Labute approximate surface area is 109 Å². The topological polar surface area (TPSA) is 42.4 Å². The first-order valence-electron chi connectivity index (χ1n) is 5.62. The normalized spacial score (nSPS) is 24.8. The van der Waals surface area contributed by atoms with E-state index in [2.05, 4.69) is 20.9 Å². The highest BCUT2D eigenvalue weighted by Crippen LogP contribution is 2.16. The lowest BCUT2D eigenvalue weighted by Gasteiger charge is -2.36. The molecular formula is C12H15BrN2O2. The van der Waals surface area contributed by atoms with Gasteiger partial charge in [0.1, 0.15) is 4.60 Å². The number of hydrogen-bond donors (Lipinski definition) is 0. The number of rotatable bonds is 1. The average molecular weight is 299 g/mol. The number of amides is 1. The monoisotopic (exact) mass is 298 g/mol. The number of morpholine rings is 1. The SMILES string of the molecule is CC1CN(C(=O)c2ccc(Br)nc2)C(C)CO1. The van der Waals surface area contributed by atoms with Crippen LogP contribution in [0.4, 0.5) is 0 Å². The molecule has 1 aliphatic rings. The molecule has 0 bridgehead atoms. The van der Waals surface area contributed by atoms with Crippen LogP contribution in [0, 0.1) is 0 Å². The first-order chi connectivity index (χ1) is 8.08. The molecule has 0 radical (unpaired) electrons. The number of aromatic nitrogens is 1. The Morgan fingerprint density at radius 3 is 2.94 bits per heavy atom. The maximum atomic E-state index is 12.3. The highest BCUT2D eigenvalue weighted by molar-refractivity contribution is 9.10. The molecule has 0 saturated carbocycles. The lowest BCUT2D eigenvalue weighted by Crippen LogP contribution is -2.50. The van der Waals surface area contributed by atoms with Crippen LogP contribution in [0.3, 0.4) is 0 Å². The van der Waals surface area contributed by atoms with Crippen LogP contribution in [-0.4, -0.2) is 41.1 Å². The maximum Gasteiger partial charge on any atom is 0.255 e. The Balaban J connectivity index is 2.15. The van der Waals surface area contributed by atoms with Gasteiger partial charge in [-0.3, -0.25) is 4.79 Å². The first kappa shape index (κ1) is 12.5. The number of nitrogens with zero attached hydrogens (tertiary/aromatic N) is 2. The van der Waals surface area contributed by atoms with Crippen molar-refractivity contribution in [1.29, 1.82) is 0 Å². The number of carbonyl (C=O) groups is 1. The fourth-order valence-electron chi connectivity index (χ4n) is 1.85. The molecule has 17 heavy (non-hydrogen) atoms. The van der Waals surface area contributed by atoms with Gasteiger partial charge < -0.3 is 9.64 Å². The summed E-state index contributed by atoms with van der Waals surface area (Å²) in [5, 5.41) is 0. The summed E-state index contributed by atoms with van der Waals surface area (Å²) in [5.41, 5.74) is 0.620. The van der Waals surface area contributed by atoms with Gasteiger partial charge >= 0.3 is 0 Å². The average Bonchev–Trinajstić information content (AvgIpc) is 2.32. The standard InChI is InChI=1S/C12H15BrN2O2/c1-8-7-17-9(2)6-15(8)12(16)10-3-4-11(13)14-5-10/h3-5,8-9H,6-7H2,1-2H3. The van der Waals surface area contributed by atoms with E-state index >= 15 is 0 Å². The van der Waals surface area contributed by atoms with Gasteiger partial charge in [-0.1, -0.05) is 0 Å². The van der Waals surface area contributed by atoms with Crippen molar-refractivity contribution < 1.29 is 9.53 Å². The third-order valence-corrected chi connectivity index (χ3v) is 3.31. The zero-order chi connectivity index (χ0) is 12.4. The molecule has 2 unspecified atom stereocenters. The highest BCUT2D eigenvalue weighted by Gasteiger charge is 2.28. The van der Waals surface area contributed by atoms with Gasteiger partial charge in [-0.2, -0.15) is 0 Å². The minimum Gasteiger partial charge on any atom is -0.375 e. The van der Waals surface area contributed by atoms with Crippen LogP contribution < -0.4 is 0 Å². The minimum atomic E-state index is 0.0210. The molecule has 0 aliphatic carbocycles. The van der Waals surface area contributed by atoms with E-state index in [1.165, 1.54) is 0 Å². The lowest BCUT2D eigenvalue weighted by molar-refractivity contribution is -0.0387. The van der Waals surface area contributed by atoms with Crippen LogP contribution in [0.15, 0.2) is 22.9 Å². The fourth-order valence-corrected chi connectivity index (χ4v) is 2.09. The molecular weight excluding hydrogens is 284 g/mol. The van der Waals surface area contributed by atoms with Gasteiger partial charge in [0.05, 0.1) is 24.3 Å². The molecule has 0 N–H and O–H groups in total. The lowest BCUT2D eigenvalue weighted by atomic mass is 10.1. The predicted octanol–water partition coefficient (Wildman–Crippen LogP) is 2.09. The summed E-state index contributed by atoms with van der Waals surface area (Å²) < 4.78 is 6.24. The minimum absolute atomic E-state index is 0.0210. The largest absolute Gasteiger partial charge is 0.375 e. The molecule has 1 saturated heterocycles. The van der Waals surface area contributed by atoms with Gasteiger partial charge in [0.15, 0.2) is 0 Å². The molecule has 1 aliphatic heterocycles. The third kappa shape index (κ3) is 2.84. The molecule has 0 aromatic carbocycles. The summed E-state index contributed by atoms with van der Waals surface area (Å²) in [7, 11) is 0. The Morgan fingerprint density at radius 2 is 2.29 bits per heavy atom. The van der Waals surface area contributed by atoms with E-state index in [9.17, 15) is 4.79 Å². The molecule has 2 heterocycles. The Kier molecular flexibility index (Phi) is 3.79. The third-order valence-electron chi connectivity index (χ3n) is 2.84. The van der Waals surface area contributed by atoms with Crippen molar-refractivity contribution in [3.05, 3.63) is 28.5 Å². The molecule has 1 aromatic heterocycles. The molecule has 92 valence electrons. The first-order valence-corrected chi connectivity index (χ1v) is 6.41. The van der Waals surface area contributed by atoms with Crippen molar-refractivity contribution in [2.75, 3.05) is 13.2 Å². The summed E-state index contributed by atoms with van der Waals surface area (Å²) >= 11 is 3.26. The summed E-state index contributed by atoms with van der Waals surface area (Å²) in [6.45, 7) is 5.20. The molecule has 4 nitrogen and oxygen atoms in total. The molecule has 1 fully saturated rings. The molecule has 2 rings (SSSR count). The van der Waals surface area contributed by atoms with Crippen molar-refractivity contribution in [1.82, 2.24) is 9.88 Å². The highest BCUT2D eigenvalue weighted by atomic mass is 79.9. The van der Waals surface area contributed by atoms with Crippen LogP contribution in [0.1, 0.15) is 24.2 Å². The number of ether oxygens (including phenoxy) is 1. The second kappa shape index (κ2) is 5.14. The van der Waals surface area contributed by atoms with Gasteiger partial charge in [-0.15, -0.1) is 0 Å². The second-order valence-electron chi connectivity index (χ2n) is 4.32.